The highest BCUT2D eigenvalue weighted by molar-refractivity contribution is 7.17. The molecule has 0 aliphatic rings. The van der Waals surface area contributed by atoms with E-state index in [1.54, 1.807) is 6.92 Å². The fourth-order valence-corrected chi connectivity index (χ4v) is 5.14. The predicted octanol–water partition coefficient (Wildman–Crippen LogP) is 6.46. The third-order valence-electron chi connectivity index (χ3n) is 6.78. The Morgan fingerprint density at radius 2 is 1.55 bits per heavy atom. The first-order valence-corrected chi connectivity index (χ1v) is 16.2. The maximum atomic E-state index is 11.2. The molecule has 0 fully saturated rings. The first kappa shape index (κ1) is 38.5. The molecule has 0 aliphatic heterocycles. The zero-order chi connectivity index (χ0) is 35.3. The summed E-state index contributed by atoms with van der Waals surface area (Å²) in [5, 5.41) is 26.9. The first-order chi connectivity index (χ1) is 23.8. The van der Waals surface area contributed by atoms with Crippen LogP contribution in [0.4, 0.5) is 22.1 Å². The van der Waals surface area contributed by atoms with Crippen LogP contribution in [0.15, 0.2) is 70.9 Å². The molecule has 0 bridgehead atoms. The highest BCUT2D eigenvalue weighted by atomic mass is 32.1. The Kier molecular flexibility index (Phi) is 17.1. The van der Waals surface area contributed by atoms with Crippen LogP contribution in [0.25, 0.3) is 4.85 Å². The molecule has 0 unspecified atom stereocenters. The van der Waals surface area contributed by atoms with Gasteiger partial charge in [0, 0.05) is 30.9 Å². The number of anilines is 1. The van der Waals surface area contributed by atoms with E-state index in [9.17, 15) is 14.9 Å². The number of rotatable bonds is 22. The number of benzene rings is 2. The van der Waals surface area contributed by atoms with E-state index in [1.807, 2.05) is 37.3 Å². The molecule has 14 heteroatoms. The van der Waals surface area contributed by atoms with Crippen molar-refractivity contribution in [1.29, 1.82) is 5.26 Å². The minimum atomic E-state index is -1.22. The standard InChI is InChI=1S/C35H39N5O8S/c1-26-23-29(9-10-30(26)38-39-35-34(37-3)27(2)31(24-36)49-35)40(25-28-7-5-4-6-8-28)13-14-44-15-16-45-17-18-46-19-20-47-21-22-48-33(43)12-11-32(41)42/h4-12,23H,13-22,25H2,1-2H3,(H,41,42)/b12-11-,39-38?. The van der Waals surface area contributed by atoms with Crippen molar-refractivity contribution in [3.05, 3.63) is 93.7 Å². The molecule has 0 amide bonds. The Morgan fingerprint density at radius 3 is 2.14 bits per heavy atom. The number of azo groups is 1. The Morgan fingerprint density at radius 1 is 0.918 bits per heavy atom. The fourth-order valence-electron chi connectivity index (χ4n) is 4.27. The Labute approximate surface area is 289 Å². The number of carboxylic acids is 1. The molecular formula is C35H39N5O8S. The van der Waals surface area contributed by atoms with Gasteiger partial charge in [-0.15, -0.1) is 11.3 Å². The molecule has 0 radical (unpaired) electrons. The number of esters is 1. The van der Waals surface area contributed by atoms with Crippen LogP contribution in [-0.4, -0.2) is 83.1 Å². The fraction of sp³-hybridized carbons (Fsp3) is 0.371. The summed E-state index contributed by atoms with van der Waals surface area (Å²) in [5.41, 5.74) is 4.78. The van der Waals surface area contributed by atoms with E-state index in [0.717, 1.165) is 17.3 Å². The summed E-state index contributed by atoms with van der Waals surface area (Å²) in [5.74, 6) is -1.96. The van der Waals surface area contributed by atoms with Crippen LogP contribution < -0.4 is 4.90 Å². The molecule has 3 rings (SSSR count). The largest absolute Gasteiger partial charge is 0.478 e. The lowest BCUT2D eigenvalue weighted by molar-refractivity contribution is -0.140. The van der Waals surface area contributed by atoms with Gasteiger partial charge in [0.1, 0.15) is 17.7 Å². The molecule has 0 atom stereocenters. The number of aliphatic carboxylic acids is 1. The molecule has 13 nitrogen and oxygen atoms in total. The molecule has 0 saturated carbocycles. The number of ether oxygens (including phenoxy) is 5. The lowest BCUT2D eigenvalue weighted by Crippen LogP contribution is -2.27. The van der Waals surface area contributed by atoms with Gasteiger partial charge in [-0.1, -0.05) is 30.3 Å². The van der Waals surface area contributed by atoms with Gasteiger partial charge in [0.2, 0.25) is 5.69 Å². The molecule has 258 valence electrons. The molecule has 49 heavy (non-hydrogen) atoms. The number of hydrogen-bond acceptors (Lipinski definition) is 12. The summed E-state index contributed by atoms with van der Waals surface area (Å²) in [6.45, 7) is 15.5. The number of nitriles is 1. The average Bonchev–Trinajstić information content (AvgIpc) is 3.42. The van der Waals surface area contributed by atoms with Crippen LogP contribution in [0.5, 0.6) is 0 Å². The minimum Gasteiger partial charge on any atom is -0.478 e. The SMILES string of the molecule is [C-]#[N+]c1c(N=Nc2ccc(N(CCOCCOCCOCCOCCOC(=O)/C=C\C(=O)O)Cc3ccccc3)cc2C)sc(C#N)c1C. The summed E-state index contributed by atoms with van der Waals surface area (Å²) < 4.78 is 27.0. The highest BCUT2D eigenvalue weighted by Crippen LogP contribution is 2.42. The summed E-state index contributed by atoms with van der Waals surface area (Å²) in [6, 6.07) is 18.2. The van der Waals surface area contributed by atoms with Gasteiger partial charge in [-0.25, -0.2) is 14.4 Å². The van der Waals surface area contributed by atoms with Crippen LogP contribution >= 0.6 is 11.3 Å². The molecule has 0 aliphatic carbocycles. The van der Waals surface area contributed by atoms with E-state index in [-0.39, 0.29) is 13.2 Å². The molecule has 2 aromatic carbocycles. The normalized spacial score (nSPS) is 11.1. The first-order valence-electron chi connectivity index (χ1n) is 15.4. The van der Waals surface area contributed by atoms with Gasteiger partial charge in [-0.05, 0) is 48.7 Å². The summed E-state index contributed by atoms with van der Waals surface area (Å²) in [4.78, 5) is 27.8. The topological polar surface area (TPSA) is 157 Å². The monoisotopic (exact) mass is 689 g/mol. The number of hydrogen-bond donors (Lipinski definition) is 1. The van der Waals surface area contributed by atoms with E-state index in [0.29, 0.717) is 92.2 Å². The molecule has 0 spiro atoms. The average molecular weight is 690 g/mol. The van der Waals surface area contributed by atoms with Crippen molar-refractivity contribution in [2.75, 3.05) is 70.9 Å². The van der Waals surface area contributed by atoms with Crippen molar-refractivity contribution < 1.29 is 38.4 Å². The van der Waals surface area contributed by atoms with Crippen molar-refractivity contribution >= 4 is 45.3 Å². The van der Waals surface area contributed by atoms with E-state index < -0.39 is 11.9 Å². The second-order valence-corrected chi connectivity index (χ2v) is 11.3. The third-order valence-corrected chi connectivity index (χ3v) is 7.85. The van der Waals surface area contributed by atoms with Crippen molar-refractivity contribution in [3.63, 3.8) is 0 Å². The van der Waals surface area contributed by atoms with E-state index in [4.69, 9.17) is 35.4 Å². The molecule has 1 heterocycles. The van der Waals surface area contributed by atoms with Crippen LogP contribution in [0.1, 0.15) is 21.6 Å². The second kappa shape index (κ2) is 21.8. The molecule has 3 aromatic rings. The van der Waals surface area contributed by atoms with Crippen molar-refractivity contribution in [3.8, 4) is 6.07 Å². The van der Waals surface area contributed by atoms with Crippen LogP contribution in [0.3, 0.4) is 0 Å². The highest BCUT2D eigenvalue weighted by Gasteiger charge is 2.15. The van der Waals surface area contributed by atoms with E-state index in [1.165, 1.54) is 16.9 Å². The van der Waals surface area contributed by atoms with Gasteiger partial charge in [0.05, 0.1) is 70.0 Å². The second-order valence-electron chi connectivity index (χ2n) is 10.3. The lowest BCUT2D eigenvalue weighted by Gasteiger charge is -2.25. The van der Waals surface area contributed by atoms with Gasteiger partial charge in [0.15, 0.2) is 0 Å². The lowest BCUT2D eigenvalue weighted by atomic mass is 10.1. The van der Waals surface area contributed by atoms with Crippen LogP contribution in [-0.2, 0) is 39.8 Å². The zero-order valence-electron chi connectivity index (χ0n) is 27.5. The van der Waals surface area contributed by atoms with Crippen molar-refractivity contribution in [2.24, 2.45) is 10.2 Å². The summed E-state index contributed by atoms with van der Waals surface area (Å²) in [7, 11) is 0. The summed E-state index contributed by atoms with van der Waals surface area (Å²) >= 11 is 1.17. The molecule has 1 N–H and O–H groups in total. The van der Waals surface area contributed by atoms with Crippen molar-refractivity contribution in [2.45, 2.75) is 20.4 Å². The molecular weight excluding hydrogens is 650 g/mol. The summed E-state index contributed by atoms with van der Waals surface area (Å²) in [6.07, 6.45) is 1.55. The van der Waals surface area contributed by atoms with Crippen molar-refractivity contribution in [1.82, 2.24) is 0 Å². The Balaban J connectivity index is 1.37. The Bertz CT molecular complexity index is 1650. The number of nitrogens with zero attached hydrogens (tertiary/aromatic N) is 5. The van der Waals surface area contributed by atoms with Gasteiger partial charge in [-0.2, -0.15) is 15.5 Å². The van der Waals surface area contributed by atoms with Crippen LogP contribution in [0.2, 0.25) is 0 Å². The number of thiophene rings is 1. The maximum Gasteiger partial charge on any atom is 0.331 e. The zero-order valence-corrected chi connectivity index (χ0v) is 28.3. The molecule has 0 saturated heterocycles. The quantitative estimate of drug-likeness (QED) is 0.0408. The van der Waals surface area contributed by atoms with Gasteiger partial charge >= 0.3 is 11.9 Å². The van der Waals surface area contributed by atoms with Crippen LogP contribution in [0, 0.1) is 31.8 Å². The predicted molar refractivity (Wildman–Crippen MR) is 184 cm³/mol. The van der Waals surface area contributed by atoms with E-state index in [2.05, 4.69) is 44.2 Å². The minimum absolute atomic E-state index is 0.0172. The van der Waals surface area contributed by atoms with Gasteiger partial charge in [0.25, 0.3) is 0 Å². The number of carbonyl (C=O) groups is 2. The van der Waals surface area contributed by atoms with E-state index >= 15 is 0 Å². The third kappa shape index (κ3) is 14.0. The smallest absolute Gasteiger partial charge is 0.331 e. The Hall–Kier alpha value is -4.96. The number of carbonyl (C=O) groups excluding carboxylic acids is 1. The maximum absolute atomic E-state index is 11.2. The molecule has 1 aromatic heterocycles. The number of aryl methyl sites for hydroxylation is 1. The van der Waals surface area contributed by atoms with Gasteiger partial charge < -0.3 is 33.7 Å². The van der Waals surface area contributed by atoms with Gasteiger partial charge in [-0.3, -0.25) is 0 Å². The number of carboxylic acid groups (broad SMARTS) is 1.